The van der Waals surface area contributed by atoms with Crippen molar-refractivity contribution in [2.45, 2.75) is 0 Å². The van der Waals surface area contributed by atoms with Crippen LogP contribution in [0.4, 0.5) is 17.1 Å². The first kappa shape index (κ1) is 12.2. The van der Waals surface area contributed by atoms with Gasteiger partial charge in [0, 0.05) is 26.5 Å². The van der Waals surface area contributed by atoms with Crippen LogP contribution in [0.1, 0.15) is 0 Å². The summed E-state index contributed by atoms with van der Waals surface area (Å²) in [6.45, 7) is 0. The number of hydrogen-bond acceptors (Lipinski definition) is 3. The predicted molar refractivity (Wildman–Crippen MR) is 88.6 cm³/mol. The van der Waals surface area contributed by atoms with Crippen LogP contribution in [0.5, 0.6) is 0 Å². The van der Waals surface area contributed by atoms with Gasteiger partial charge in [0.1, 0.15) is 0 Å². The van der Waals surface area contributed by atoms with E-state index in [4.69, 9.17) is 5.73 Å². The number of pyridine rings is 1. The molecular weight excluding hydrogens is 349 g/mol. The number of anilines is 3. The van der Waals surface area contributed by atoms with Gasteiger partial charge in [-0.15, -0.1) is 0 Å². The number of nitrogens with one attached hydrogen (secondary N) is 1. The van der Waals surface area contributed by atoms with Gasteiger partial charge in [-0.1, -0.05) is 0 Å². The molecule has 0 atom stereocenters. The van der Waals surface area contributed by atoms with Crippen molar-refractivity contribution in [3.05, 3.63) is 58.3 Å². The third-order valence-electron chi connectivity index (χ3n) is 2.92. The number of rotatable bonds is 2. The van der Waals surface area contributed by atoms with Crippen molar-refractivity contribution >= 4 is 50.6 Å². The van der Waals surface area contributed by atoms with Crippen LogP contribution < -0.4 is 11.1 Å². The first-order valence-electron chi connectivity index (χ1n) is 5.90. The van der Waals surface area contributed by atoms with Gasteiger partial charge in [-0.3, -0.25) is 4.98 Å². The molecule has 0 amide bonds. The van der Waals surface area contributed by atoms with Gasteiger partial charge >= 0.3 is 0 Å². The Morgan fingerprint density at radius 3 is 2.58 bits per heavy atom. The number of hydrogen-bond donors (Lipinski definition) is 2. The number of aromatic nitrogens is 1. The quantitative estimate of drug-likeness (QED) is 0.532. The lowest BCUT2D eigenvalue weighted by molar-refractivity contribution is 1.41. The normalized spacial score (nSPS) is 10.6. The summed E-state index contributed by atoms with van der Waals surface area (Å²) in [5.41, 5.74) is 9.54. The van der Waals surface area contributed by atoms with E-state index in [0.29, 0.717) is 5.69 Å². The van der Waals surface area contributed by atoms with Gasteiger partial charge < -0.3 is 11.1 Å². The van der Waals surface area contributed by atoms with E-state index >= 15 is 0 Å². The molecule has 0 saturated heterocycles. The van der Waals surface area contributed by atoms with Gasteiger partial charge in [-0.05, 0) is 71.1 Å². The van der Waals surface area contributed by atoms with Crippen molar-refractivity contribution in [1.82, 2.24) is 4.98 Å². The Hall–Kier alpha value is -1.82. The van der Waals surface area contributed by atoms with Crippen molar-refractivity contribution in [1.29, 1.82) is 0 Å². The Balaban J connectivity index is 2.06. The molecule has 2 aromatic carbocycles. The number of nitrogens with two attached hydrogens (primary N) is 1. The summed E-state index contributed by atoms with van der Waals surface area (Å²) in [5.74, 6) is 0. The maximum Gasteiger partial charge on any atom is 0.0951 e. The van der Waals surface area contributed by atoms with Gasteiger partial charge in [0.25, 0.3) is 0 Å². The van der Waals surface area contributed by atoms with Crippen LogP contribution in [0, 0.1) is 3.57 Å². The molecule has 1 heterocycles. The van der Waals surface area contributed by atoms with E-state index in [1.54, 1.807) is 6.20 Å². The monoisotopic (exact) mass is 361 g/mol. The average molecular weight is 361 g/mol. The largest absolute Gasteiger partial charge is 0.397 e. The molecule has 0 fully saturated rings. The van der Waals surface area contributed by atoms with Crippen molar-refractivity contribution in [2.24, 2.45) is 0 Å². The average Bonchev–Trinajstić information content (AvgIpc) is 2.45. The minimum absolute atomic E-state index is 0.698. The molecule has 3 aromatic rings. The molecule has 0 spiro atoms. The standard InChI is InChI=1S/C15H12IN3/c16-10-3-5-11(6-4-10)19-14-8-7-13(17)15-12(14)2-1-9-18-15/h1-9,19H,17H2. The maximum atomic E-state index is 5.95. The van der Waals surface area contributed by atoms with Crippen molar-refractivity contribution in [3.8, 4) is 0 Å². The fraction of sp³-hybridized carbons (Fsp3) is 0. The number of nitrogens with zero attached hydrogens (tertiary/aromatic N) is 1. The zero-order chi connectivity index (χ0) is 13.2. The molecule has 3 nitrogen and oxygen atoms in total. The molecule has 0 bridgehead atoms. The summed E-state index contributed by atoms with van der Waals surface area (Å²) in [4.78, 5) is 4.33. The highest BCUT2D eigenvalue weighted by Gasteiger charge is 2.04. The second kappa shape index (κ2) is 5.05. The Bertz CT molecular complexity index is 723. The number of halogens is 1. The van der Waals surface area contributed by atoms with E-state index in [1.807, 2.05) is 24.3 Å². The summed E-state index contributed by atoms with van der Waals surface area (Å²) in [6.07, 6.45) is 1.76. The molecule has 4 heteroatoms. The van der Waals surface area contributed by atoms with Crippen LogP contribution in [-0.2, 0) is 0 Å². The molecule has 0 aliphatic rings. The Morgan fingerprint density at radius 1 is 1.00 bits per heavy atom. The van der Waals surface area contributed by atoms with E-state index in [9.17, 15) is 0 Å². The molecular formula is C15H12IN3. The molecule has 3 N–H and O–H groups in total. The minimum Gasteiger partial charge on any atom is -0.397 e. The van der Waals surface area contributed by atoms with E-state index in [-0.39, 0.29) is 0 Å². The lowest BCUT2D eigenvalue weighted by Gasteiger charge is -2.10. The number of nitrogen functional groups attached to an aromatic ring is 1. The van der Waals surface area contributed by atoms with Gasteiger partial charge in [-0.25, -0.2) is 0 Å². The second-order valence-corrected chi connectivity index (χ2v) is 5.48. The molecule has 0 aliphatic heterocycles. The van der Waals surface area contributed by atoms with Crippen LogP contribution in [0.25, 0.3) is 10.9 Å². The molecule has 0 saturated carbocycles. The van der Waals surface area contributed by atoms with Gasteiger partial charge in [-0.2, -0.15) is 0 Å². The third-order valence-corrected chi connectivity index (χ3v) is 3.64. The lowest BCUT2D eigenvalue weighted by Crippen LogP contribution is -1.95. The van der Waals surface area contributed by atoms with Crippen LogP contribution in [-0.4, -0.2) is 4.98 Å². The Kier molecular flexibility index (Phi) is 3.25. The minimum atomic E-state index is 0.698. The molecule has 94 valence electrons. The first-order chi connectivity index (χ1) is 9.24. The van der Waals surface area contributed by atoms with Crippen LogP contribution in [0.15, 0.2) is 54.7 Å². The number of benzene rings is 2. The lowest BCUT2D eigenvalue weighted by atomic mass is 10.1. The highest BCUT2D eigenvalue weighted by atomic mass is 127. The van der Waals surface area contributed by atoms with E-state index in [0.717, 1.165) is 22.3 Å². The summed E-state index contributed by atoms with van der Waals surface area (Å²) >= 11 is 2.29. The molecule has 3 rings (SSSR count). The Morgan fingerprint density at radius 2 is 1.79 bits per heavy atom. The zero-order valence-electron chi connectivity index (χ0n) is 10.1. The van der Waals surface area contributed by atoms with Gasteiger partial charge in [0.15, 0.2) is 0 Å². The van der Waals surface area contributed by atoms with E-state index in [2.05, 4.69) is 57.2 Å². The smallest absolute Gasteiger partial charge is 0.0951 e. The zero-order valence-corrected chi connectivity index (χ0v) is 12.3. The fourth-order valence-corrected chi connectivity index (χ4v) is 2.35. The molecule has 0 aliphatic carbocycles. The summed E-state index contributed by atoms with van der Waals surface area (Å²) in [7, 11) is 0. The fourth-order valence-electron chi connectivity index (χ4n) is 1.99. The molecule has 0 unspecified atom stereocenters. The SMILES string of the molecule is Nc1ccc(Nc2ccc(I)cc2)c2cccnc12. The van der Waals surface area contributed by atoms with Crippen molar-refractivity contribution < 1.29 is 0 Å². The van der Waals surface area contributed by atoms with Crippen molar-refractivity contribution in [3.63, 3.8) is 0 Å². The van der Waals surface area contributed by atoms with Gasteiger partial charge in [0.05, 0.1) is 11.2 Å². The van der Waals surface area contributed by atoms with Gasteiger partial charge in [0.2, 0.25) is 0 Å². The van der Waals surface area contributed by atoms with Crippen LogP contribution >= 0.6 is 22.6 Å². The topological polar surface area (TPSA) is 50.9 Å². The summed E-state index contributed by atoms with van der Waals surface area (Å²) in [5, 5.41) is 4.43. The highest BCUT2D eigenvalue weighted by Crippen LogP contribution is 2.28. The van der Waals surface area contributed by atoms with Crippen LogP contribution in [0.3, 0.4) is 0 Å². The first-order valence-corrected chi connectivity index (χ1v) is 6.98. The summed E-state index contributed by atoms with van der Waals surface area (Å²) < 4.78 is 1.21. The number of fused-ring (bicyclic) bond motifs is 1. The predicted octanol–water partition coefficient (Wildman–Crippen LogP) is 4.17. The van der Waals surface area contributed by atoms with Crippen LogP contribution in [0.2, 0.25) is 0 Å². The molecule has 0 radical (unpaired) electrons. The summed E-state index contributed by atoms with van der Waals surface area (Å²) in [6, 6.07) is 16.1. The van der Waals surface area contributed by atoms with E-state index < -0.39 is 0 Å². The third kappa shape index (κ3) is 2.49. The second-order valence-electron chi connectivity index (χ2n) is 4.23. The molecule has 1 aromatic heterocycles. The maximum absolute atomic E-state index is 5.95. The van der Waals surface area contributed by atoms with E-state index in [1.165, 1.54) is 3.57 Å². The van der Waals surface area contributed by atoms with Crippen molar-refractivity contribution in [2.75, 3.05) is 11.1 Å². The highest BCUT2D eigenvalue weighted by molar-refractivity contribution is 14.1. The molecule has 19 heavy (non-hydrogen) atoms. The Labute approximate surface area is 125 Å².